The Morgan fingerprint density at radius 1 is 1.33 bits per heavy atom. The van der Waals surface area contributed by atoms with Crippen LogP contribution in [0.15, 0.2) is 5.38 Å². The van der Waals surface area contributed by atoms with E-state index in [9.17, 15) is 0 Å². The average Bonchev–Trinajstić information content (AvgIpc) is 2.35. The molecule has 0 aliphatic heterocycles. The first-order valence-electron chi connectivity index (χ1n) is 4.04. The molecule has 0 saturated carbocycles. The molecule has 0 saturated heterocycles. The normalized spacial score (nSPS) is 8.83. The summed E-state index contributed by atoms with van der Waals surface area (Å²) in [7, 11) is 4.00. The summed E-state index contributed by atoms with van der Waals surface area (Å²) in [6.07, 6.45) is 0. The molecule has 0 N–H and O–H groups in total. The Balaban J connectivity index is 0.000000561. The highest BCUT2D eigenvalue weighted by atomic mass is 35.5. The van der Waals surface area contributed by atoms with Crippen LogP contribution in [-0.4, -0.2) is 14.1 Å². The van der Waals surface area contributed by atoms with Crippen LogP contribution in [0.1, 0.15) is 18.7 Å². The van der Waals surface area contributed by atoms with Gasteiger partial charge in [0.25, 0.3) is 0 Å². The number of hydrogen-bond donors (Lipinski definition) is 0. The van der Waals surface area contributed by atoms with E-state index in [1.54, 1.807) is 11.3 Å². The van der Waals surface area contributed by atoms with E-state index in [0.29, 0.717) is 0 Å². The minimum Gasteiger partial charge on any atom is -0.376 e. The SMILES string of the molecule is CC.Cc1scc(Cl)c1N(C)C. The minimum absolute atomic E-state index is 0.854. The van der Waals surface area contributed by atoms with Gasteiger partial charge in [-0.1, -0.05) is 25.4 Å². The number of thiophene rings is 1. The minimum atomic E-state index is 0.854. The summed E-state index contributed by atoms with van der Waals surface area (Å²) in [5.74, 6) is 0. The molecular formula is C9H16ClNS. The summed E-state index contributed by atoms with van der Waals surface area (Å²) in [6.45, 7) is 6.08. The maximum atomic E-state index is 5.91. The Kier molecular flexibility index (Phi) is 5.34. The first-order chi connectivity index (χ1) is 5.63. The van der Waals surface area contributed by atoms with Crippen LogP contribution in [0.3, 0.4) is 0 Å². The van der Waals surface area contributed by atoms with Gasteiger partial charge in [0.05, 0.1) is 10.7 Å². The van der Waals surface area contributed by atoms with Crippen molar-refractivity contribution in [3.8, 4) is 0 Å². The number of aryl methyl sites for hydroxylation is 1. The van der Waals surface area contributed by atoms with Crippen molar-refractivity contribution in [2.75, 3.05) is 19.0 Å². The Morgan fingerprint density at radius 3 is 2.00 bits per heavy atom. The molecule has 0 aliphatic carbocycles. The van der Waals surface area contributed by atoms with Gasteiger partial charge >= 0.3 is 0 Å². The monoisotopic (exact) mass is 205 g/mol. The Morgan fingerprint density at radius 2 is 1.83 bits per heavy atom. The first kappa shape index (κ1) is 11.8. The second-order valence-electron chi connectivity index (χ2n) is 2.38. The van der Waals surface area contributed by atoms with Crippen LogP contribution in [0.2, 0.25) is 5.02 Å². The molecule has 0 aromatic carbocycles. The van der Waals surface area contributed by atoms with Crippen LogP contribution >= 0.6 is 22.9 Å². The van der Waals surface area contributed by atoms with Crippen molar-refractivity contribution >= 4 is 28.6 Å². The molecule has 1 aromatic heterocycles. The summed E-state index contributed by atoms with van der Waals surface area (Å²) in [5.41, 5.74) is 1.15. The van der Waals surface area contributed by atoms with Crippen molar-refractivity contribution in [1.82, 2.24) is 0 Å². The molecule has 0 aliphatic rings. The number of hydrogen-bond acceptors (Lipinski definition) is 2. The smallest absolute Gasteiger partial charge is 0.0749 e. The molecule has 3 heteroatoms. The molecule has 0 bridgehead atoms. The molecule has 0 spiro atoms. The number of rotatable bonds is 1. The number of nitrogens with zero attached hydrogens (tertiary/aromatic N) is 1. The van der Waals surface area contributed by atoms with Crippen molar-refractivity contribution in [1.29, 1.82) is 0 Å². The summed E-state index contributed by atoms with van der Waals surface area (Å²) < 4.78 is 0. The summed E-state index contributed by atoms with van der Waals surface area (Å²) in [6, 6.07) is 0. The van der Waals surface area contributed by atoms with Crippen LogP contribution in [0.4, 0.5) is 5.69 Å². The first-order valence-corrected chi connectivity index (χ1v) is 5.29. The highest BCUT2D eigenvalue weighted by Gasteiger charge is 2.06. The van der Waals surface area contributed by atoms with Crippen molar-refractivity contribution in [3.63, 3.8) is 0 Å². The average molecular weight is 206 g/mol. The highest BCUT2D eigenvalue weighted by molar-refractivity contribution is 7.11. The Bertz CT molecular complexity index is 211. The van der Waals surface area contributed by atoms with Crippen LogP contribution in [-0.2, 0) is 0 Å². The molecule has 0 amide bonds. The lowest BCUT2D eigenvalue weighted by Gasteiger charge is -2.11. The van der Waals surface area contributed by atoms with Gasteiger partial charge in [-0.3, -0.25) is 0 Å². The standard InChI is InChI=1S/C7H10ClNS.C2H6/c1-5-7(9(2)3)6(8)4-10-5;1-2/h4H,1-3H3;1-2H3. The predicted molar refractivity (Wildman–Crippen MR) is 59.7 cm³/mol. The zero-order valence-corrected chi connectivity index (χ0v) is 9.88. The summed E-state index contributed by atoms with van der Waals surface area (Å²) >= 11 is 7.59. The van der Waals surface area contributed by atoms with Gasteiger partial charge in [0, 0.05) is 24.4 Å². The van der Waals surface area contributed by atoms with Crippen LogP contribution in [0, 0.1) is 6.92 Å². The van der Waals surface area contributed by atoms with E-state index in [0.717, 1.165) is 10.7 Å². The van der Waals surface area contributed by atoms with Gasteiger partial charge in [-0.05, 0) is 6.92 Å². The molecule has 0 atom stereocenters. The van der Waals surface area contributed by atoms with Gasteiger partial charge in [0.15, 0.2) is 0 Å². The highest BCUT2D eigenvalue weighted by Crippen LogP contribution is 2.33. The van der Waals surface area contributed by atoms with E-state index >= 15 is 0 Å². The lowest BCUT2D eigenvalue weighted by molar-refractivity contribution is 1.13. The maximum Gasteiger partial charge on any atom is 0.0749 e. The van der Waals surface area contributed by atoms with Crippen molar-refractivity contribution < 1.29 is 0 Å². The van der Waals surface area contributed by atoms with Crippen molar-refractivity contribution in [2.24, 2.45) is 0 Å². The van der Waals surface area contributed by atoms with E-state index in [-0.39, 0.29) is 0 Å². The largest absolute Gasteiger partial charge is 0.376 e. The maximum absolute atomic E-state index is 5.91. The van der Waals surface area contributed by atoms with Gasteiger partial charge in [0.2, 0.25) is 0 Å². The van der Waals surface area contributed by atoms with E-state index < -0.39 is 0 Å². The zero-order valence-electron chi connectivity index (χ0n) is 8.31. The topological polar surface area (TPSA) is 3.24 Å². The quantitative estimate of drug-likeness (QED) is 0.674. The number of anilines is 1. The van der Waals surface area contributed by atoms with Gasteiger partial charge in [-0.25, -0.2) is 0 Å². The lowest BCUT2D eigenvalue weighted by Crippen LogP contribution is -2.08. The summed E-state index contributed by atoms with van der Waals surface area (Å²) in [4.78, 5) is 3.31. The molecule has 0 unspecified atom stereocenters. The fraction of sp³-hybridized carbons (Fsp3) is 0.556. The summed E-state index contributed by atoms with van der Waals surface area (Å²) in [5, 5.41) is 2.82. The van der Waals surface area contributed by atoms with Crippen molar-refractivity contribution in [3.05, 3.63) is 15.3 Å². The van der Waals surface area contributed by atoms with E-state index in [1.165, 1.54) is 4.88 Å². The zero-order chi connectivity index (χ0) is 9.72. The molecular weight excluding hydrogens is 190 g/mol. The fourth-order valence-electron chi connectivity index (χ4n) is 0.948. The molecule has 1 heterocycles. The third-order valence-corrected chi connectivity index (χ3v) is 2.66. The van der Waals surface area contributed by atoms with E-state index in [2.05, 4.69) is 6.92 Å². The molecule has 1 rings (SSSR count). The Hall–Kier alpha value is -0.210. The van der Waals surface area contributed by atoms with E-state index in [4.69, 9.17) is 11.6 Å². The van der Waals surface area contributed by atoms with Crippen LogP contribution < -0.4 is 4.90 Å². The third-order valence-electron chi connectivity index (χ3n) is 1.35. The second kappa shape index (κ2) is 5.44. The Labute approximate surface area is 84.0 Å². The molecule has 1 aromatic rings. The fourth-order valence-corrected chi connectivity index (χ4v) is 2.24. The molecule has 12 heavy (non-hydrogen) atoms. The van der Waals surface area contributed by atoms with Gasteiger partial charge in [-0.2, -0.15) is 0 Å². The lowest BCUT2D eigenvalue weighted by atomic mass is 10.4. The third kappa shape index (κ3) is 2.68. The molecule has 70 valence electrons. The van der Waals surface area contributed by atoms with Gasteiger partial charge in [-0.15, -0.1) is 11.3 Å². The van der Waals surface area contributed by atoms with Gasteiger partial charge < -0.3 is 4.90 Å². The second-order valence-corrected chi connectivity index (χ2v) is 3.87. The van der Waals surface area contributed by atoms with Crippen molar-refractivity contribution in [2.45, 2.75) is 20.8 Å². The molecule has 0 fully saturated rings. The van der Waals surface area contributed by atoms with Gasteiger partial charge in [0.1, 0.15) is 0 Å². The van der Waals surface area contributed by atoms with E-state index in [1.807, 2.05) is 38.2 Å². The van der Waals surface area contributed by atoms with Crippen LogP contribution in [0.5, 0.6) is 0 Å². The molecule has 0 radical (unpaired) electrons. The predicted octanol–water partition coefficient (Wildman–Crippen LogP) is 3.80. The number of halogens is 1. The van der Waals surface area contributed by atoms with Crippen LogP contribution in [0.25, 0.3) is 0 Å². The molecule has 1 nitrogen and oxygen atoms in total.